The van der Waals surface area contributed by atoms with Gasteiger partial charge in [-0.25, -0.2) is 4.98 Å². The van der Waals surface area contributed by atoms with E-state index in [-0.39, 0.29) is 23.8 Å². The maximum Gasteiger partial charge on any atom is 0.309 e. The minimum atomic E-state index is -0.967. The third-order valence-electron chi connectivity index (χ3n) is 2.88. The molecule has 0 saturated heterocycles. The van der Waals surface area contributed by atoms with Crippen LogP contribution in [0.1, 0.15) is 26.6 Å². The van der Waals surface area contributed by atoms with Crippen molar-refractivity contribution < 1.29 is 19.4 Å². The van der Waals surface area contributed by atoms with E-state index in [0.29, 0.717) is 11.4 Å². The van der Waals surface area contributed by atoms with Crippen LogP contribution in [0.4, 0.5) is 0 Å². The average molecular weight is 305 g/mol. The molecule has 2 rings (SSSR count). The Morgan fingerprint density at radius 3 is 2.57 bits per heavy atom. The van der Waals surface area contributed by atoms with Crippen LogP contribution < -0.4 is 4.74 Å². The first kappa shape index (κ1) is 15.2. The summed E-state index contributed by atoms with van der Waals surface area (Å²) in [5.74, 6) is -0.515. The van der Waals surface area contributed by atoms with Crippen LogP contribution in [0.15, 0.2) is 23.6 Å². The standard InChI is InChI=1S/C15H15NO4S/c1-9-4-3-5-10(2)14(9)20-7-12(17)15-16-11(8-21-15)6-13(18)19/h3-5,8H,6-7H2,1-2H3,(H,18,19). The fourth-order valence-electron chi connectivity index (χ4n) is 1.90. The summed E-state index contributed by atoms with van der Waals surface area (Å²) in [7, 11) is 0. The second-order valence-electron chi connectivity index (χ2n) is 4.65. The Morgan fingerprint density at radius 1 is 1.29 bits per heavy atom. The summed E-state index contributed by atoms with van der Waals surface area (Å²) in [5, 5.41) is 10.5. The van der Waals surface area contributed by atoms with Gasteiger partial charge in [-0.15, -0.1) is 11.3 Å². The fraction of sp³-hybridized carbons (Fsp3) is 0.267. The second kappa shape index (κ2) is 6.49. The molecule has 0 aliphatic carbocycles. The third kappa shape index (κ3) is 3.88. The molecule has 6 heteroatoms. The van der Waals surface area contributed by atoms with E-state index >= 15 is 0 Å². The molecule has 5 nitrogen and oxygen atoms in total. The summed E-state index contributed by atoms with van der Waals surface area (Å²) in [6, 6.07) is 5.76. The number of nitrogens with zero attached hydrogens (tertiary/aromatic N) is 1. The van der Waals surface area contributed by atoms with Gasteiger partial charge in [-0.1, -0.05) is 18.2 Å². The SMILES string of the molecule is Cc1cccc(C)c1OCC(=O)c1nc(CC(=O)O)cs1. The maximum absolute atomic E-state index is 12.0. The van der Waals surface area contributed by atoms with Gasteiger partial charge in [0.25, 0.3) is 0 Å². The van der Waals surface area contributed by atoms with Crippen molar-refractivity contribution in [2.75, 3.05) is 6.61 Å². The summed E-state index contributed by atoms with van der Waals surface area (Å²) in [6.07, 6.45) is -0.179. The van der Waals surface area contributed by atoms with Gasteiger partial charge in [-0.3, -0.25) is 9.59 Å². The van der Waals surface area contributed by atoms with E-state index in [1.807, 2.05) is 32.0 Å². The number of carboxylic acid groups (broad SMARTS) is 1. The Morgan fingerprint density at radius 2 is 1.95 bits per heavy atom. The number of carbonyl (C=O) groups excluding carboxylic acids is 1. The van der Waals surface area contributed by atoms with Gasteiger partial charge in [-0.05, 0) is 25.0 Å². The van der Waals surface area contributed by atoms with Crippen molar-refractivity contribution in [1.29, 1.82) is 0 Å². The summed E-state index contributed by atoms with van der Waals surface area (Å²) >= 11 is 1.14. The molecule has 0 spiro atoms. The molecule has 0 atom stereocenters. The Labute approximate surface area is 126 Å². The molecule has 1 aromatic carbocycles. The number of aliphatic carboxylic acids is 1. The van der Waals surface area contributed by atoms with Crippen molar-refractivity contribution in [3.8, 4) is 5.75 Å². The molecule has 2 aromatic rings. The first-order chi connectivity index (χ1) is 9.97. The predicted molar refractivity (Wildman–Crippen MR) is 79.2 cm³/mol. The van der Waals surface area contributed by atoms with Crippen LogP contribution in [0.3, 0.4) is 0 Å². The number of aromatic nitrogens is 1. The van der Waals surface area contributed by atoms with Crippen LogP contribution in [0.5, 0.6) is 5.75 Å². The van der Waals surface area contributed by atoms with Crippen molar-refractivity contribution >= 4 is 23.1 Å². The van der Waals surface area contributed by atoms with Crippen LogP contribution in [-0.4, -0.2) is 28.4 Å². The smallest absolute Gasteiger partial charge is 0.309 e. The van der Waals surface area contributed by atoms with E-state index in [2.05, 4.69) is 4.98 Å². The van der Waals surface area contributed by atoms with Crippen LogP contribution in [-0.2, 0) is 11.2 Å². The van der Waals surface area contributed by atoms with E-state index in [0.717, 1.165) is 22.5 Å². The molecule has 1 aromatic heterocycles. The molecular formula is C15H15NO4S. The molecule has 1 N–H and O–H groups in total. The molecule has 0 aliphatic rings. The first-order valence-electron chi connectivity index (χ1n) is 6.36. The summed E-state index contributed by atoms with van der Waals surface area (Å²) < 4.78 is 5.57. The highest BCUT2D eigenvalue weighted by molar-refractivity contribution is 7.11. The van der Waals surface area contributed by atoms with Gasteiger partial charge < -0.3 is 9.84 Å². The Bertz CT molecular complexity index is 658. The molecular weight excluding hydrogens is 290 g/mol. The van der Waals surface area contributed by atoms with Crippen LogP contribution in [0.2, 0.25) is 0 Å². The molecule has 110 valence electrons. The zero-order chi connectivity index (χ0) is 15.4. The molecule has 0 saturated carbocycles. The van der Waals surface area contributed by atoms with Gasteiger partial charge in [0.2, 0.25) is 5.78 Å². The van der Waals surface area contributed by atoms with Crippen LogP contribution in [0.25, 0.3) is 0 Å². The van der Waals surface area contributed by atoms with Crippen molar-refractivity contribution in [1.82, 2.24) is 4.98 Å². The summed E-state index contributed by atoms with van der Waals surface area (Å²) in [5.41, 5.74) is 2.32. The number of carbonyl (C=O) groups is 2. The molecule has 0 radical (unpaired) electrons. The van der Waals surface area contributed by atoms with Crippen LogP contribution in [0, 0.1) is 13.8 Å². The largest absolute Gasteiger partial charge is 0.485 e. The number of benzene rings is 1. The number of ketones is 1. The molecule has 0 fully saturated rings. The van der Waals surface area contributed by atoms with Crippen molar-refractivity contribution in [2.24, 2.45) is 0 Å². The van der Waals surface area contributed by atoms with Crippen molar-refractivity contribution in [3.05, 3.63) is 45.4 Å². The zero-order valence-electron chi connectivity index (χ0n) is 11.8. The van der Waals surface area contributed by atoms with Gasteiger partial charge in [0, 0.05) is 5.38 Å². The van der Waals surface area contributed by atoms with E-state index in [1.165, 1.54) is 0 Å². The van der Waals surface area contributed by atoms with E-state index in [9.17, 15) is 9.59 Å². The predicted octanol–water partition coefficient (Wildman–Crippen LogP) is 2.65. The second-order valence-corrected chi connectivity index (χ2v) is 5.51. The molecule has 1 heterocycles. The Kier molecular flexibility index (Phi) is 4.70. The number of para-hydroxylation sites is 1. The number of hydrogen-bond acceptors (Lipinski definition) is 5. The molecule has 0 bridgehead atoms. The normalized spacial score (nSPS) is 10.4. The number of rotatable bonds is 6. The van der Waals surface area contributed by atoms with E-state index < -0.39 is 5.97 Å². The lowest BCUT2D eigenvalue weighted by molar-refractivity contribution is -0.136. The van der Waals surface area contributed by atoms with Crippen molar-refractivity contribution in [3.63, 3.8) is 0 Å². The van der Waals surface area contributed by atoms with Crippen LogP contribution >= 0.6 is 11.3 Å². The highest BCUT2D eigenvalue weighted by Crippen LogP contribution is 2.22. The minimum Gasteiger partial charge on any atom is -0.485 e. The minimum absolute atomic E-state index is 0.105. The molecule has 0 aliphatic heterocycles. The molecule has 0 amide bonds. The number of ether oxygens (including phenoxy) is 1. The van der Waals surface area contributed by atoms with Gasteiger partial charge in [0.1, 0.15) is 5.75 Å². The monoisotopic (exact) mass is 305 g/mol. The highest BCUT2D eigenvalue weighted by Gasteiger charge is 2.14. The number of Topliss-reactive ketones (excluding diaryl/α,β-unsaturated/α-hetero) is 1. The average Bonchev–Trinajstić information content (AvgIpc) is 2.85. The Hall–Kier alpha value is -2.21. The maximum atomic E-state index is 12.0. The quantitative estimate of drug-likeness (QED) is 0.830. The third-order valence-corrected chi connectivity index (χ3v) is 3.81. The summed E-state index contributed by atoms with van der Waals surface area (Å²) in [6.45, 7) is 3.73. The first-order valence-corrected chi connectivity index (χ1v) is 7.23. The number of hydrogen-bond donors (Lipinski definition) is 1. The fourth-order valence-corrected chi connectivity index (χ4v) is 2.64. The number of thiazole rings is 1. The van der Waals surface area contributed by atoms with E-state index in [1.54, 1.807) is 5.38 Å². The molecule has 21 heavy (non-hydrogen) atoms. The highest BCUT2D eigenvalue weighted by atomic mass is 32.1. The van der Waals surface area contributed by atoms with Gasteiger partial charge in [-0.2, -0.15) is 0 Å². The Balaban J connectivity index is 2.02. The number of carboxylic acids is 1. The zero-order valence-corrected chi connectivity index (χ0v) is 12.6. The summed E-state index contributed by atoms with van der Waals surface area (Å²) in [4.78, 5) is 26.6. The lowest BCUT2D eigenvalue weighted by atomic mass is 10.1. The van der Waals surface area contributed by atoms with Crippen molar-refractivity contribution in [2.45, 2.75) is 20.3 Å². The molecule has 0 unspecified atom stereocenters. The topological polar surface area (TPSA) is 76.5 Å². The van der Waals surface area contributed by atoms with E-state index in [4.69, 9.17) is 9.84 Å². The number of aryl methyl sites for hydroxylation is 2. The lowest BCUT2D eigenvalue weighted by Crippen LogP contribution is -2.13. The van der Waals surface area contributed by atoms with Gasteiger partial charge in [0.15, 0.2) is 11.6 Å². The van der Waals surface area contributed by atoms with Gasteiger partial charge in [0.05, 0.1) is 12.1 Å². The van der Waals surface area contributed by atoms with Gasteiger partial charge >= 0.3 is 5.97 Å². The lowest BCUT2D eigenvalue weighted by Gasteiger charge is -2.10.